The van der Waals surface area contributed by atoms with Crippen molar-refractivity contribution >= 4 is 34.8 Å². The number of amides is 1. The van der Waals surface area contributed by atoms with E-state index in [4.69, 9.17) is 11.6 Å². The van der Waals surface area contributed by atoms with Gasteiger partial charge in [0.1, 0.15) is 5.82 Å². The predicted molar refractivity (Wildman–Crippen MR) is 92.3 cm³/mol. The summed E-state index contributed by atoms with van der Waals surface area (Å²) in [5, 5.41) is 13.5. The molecule has 1 N–H and O–H groups in total. The molecule has 0 aliphatic carbocycles. The number of nitrogens with one attached hydrogen (secondary N) is 1. The summed E-state index contributed by atoms with van der Waals surface area (Å²) < 4.78 is 1.88. The molecule has 0 bridgehead atoms. The number of nitrogens with zero attached hydrogens (tertiary/aromatic N) is 3. The molecule has 118 valence electrons. The number of carbonyl (C=O) groups excluding carboxylic acids is 1. The van der Waals surface area contributed by atoms with Gasteiger partial charge in [-0.05, 0) is 43.0 Å². The van der Waals surface area contributed by atoms with Gasteiger partial charge in [-0.1, -0.05) is 23.7 Å². The van der Waals surface area contributed by atoms with Crippen molar-refractivity contribution in [2.24, 2.45) is 0 Å². The summed E-state index contributed by atoms with van der Waals surface area (Å²) in [6.07, 6.45) is 0. The molecule has 3 aromatic rings. The molecule has 7 heteroatoms. The third-order valence-corrected chi connectivity index (χ3v) is 4.60. The Bertz CT molecular complexity index is 842. The number of halogens is 1. The molecule has 5 nitrogen and oxygen atoms in total. The van der Waals surface area contributed by atoms with Crippen molar-refractivity contribution in [1.29, 1.82) is 0 Å². The van der Waals surface area contributed by atoms with Crippen molar-refractivity contribution in [3.8, 4) is 0 Å². The van der Waals surface area contributed by atoms with Crippen molar-refractivity contribution < 1.29 is 4.79 Å². The number of benzene rings is 1. The van der Waals surface area contributed by atoms with Gasteiger partial charge in [-0.15, -0.1) is 21.5 Å². The fraction of sp³-hybridized carbons (Fsp3) is 0.188. The molecule has 0 aliphatic heterocycles. The van der Waals surface area contributed by atoms with Crippen LogP contribution in [0.5, 0.6) is 0 Å². The smallest absolute Gasteiger partial charge is 0.258 e. The van der Waals surface area contributed by atoms with E-state index >= 15 is 0 Å². The van der Waals surface area contributed by atoms with E-state index in [9.17, 15) is 4.79 Å². The first kappa shape index (κ1) is 15.7. The highest BCUT2D eigenvalue weighted by Gasteiger charge is 2.15. The molecule has 0 spiro atoms. The van der Waals surface area contributed by atoms with Gasteiger partial charge in [0.15, 0.2) is 0 Å². The molecule has 23 heavy (non-hydrogen) atoms. The van der Waals surface area contributed by atoms with Crippen LogP contribution in [-0.2, 0) is 6.54 Å². The van der Waals surface area contributed by atoms with Gasteiger partial charge < -0.3 is 0 Å². The van der Waals surface area contributed by atoms with Crippen LogP contribution in [0.2, 0.25) is 5.02 Å². The average Bonchev–Trinajstić information content (AvgIpc) is 3.15. The van der Waals surface area contributed by atoms with E-state index in [1.807, 2.05) is 42.0 Å². The maximum absolute atomic E-state index is 12.5. The Morgan fingerprint density at radius 2 is 2.13 bits per heavy atom. The Kier molecular flexibility index (Phi) is 4.45. The molecule has 0 fully saturated rings. The van der Waals surface area contributed by atoms with Crippen LogP contribution in [0, 0.1) is 13.8 Å². The number of rotatable bonds is 4. The minimum Gasteiger partial charge on any atom is -0.292 e. The van der Waals surface area contributed by atoms with Crippen LogP contribution in [0.15, 0.2) is 35.7 Å². The Morgan fingerprint density at radius 1 is 1.30 bits per heavy atom. The summed E-state index contributed by atoms with van der Waals surface area (Å²) >= 11 is 7.63. The molecule has 0 saturated carbocycles. The molecule has 3 rings (SSSR count). The normalized spacial score (nSPS) is 10.7. The fourth-order valence-electron chi connectivity index (χ4n) is 2.23. The molecular weight excluding hydrogens is 332 g/mol. The van der Waals surface area contributed by atoms with E-state index in [0.717, 1.165) is 11.4 Å². The second-order valence-electron chi connectivity index (χ2n) is 5.15. The minimum atomic E-state index is -0.246. The lowest BCUT2D eigenvalue weighted by Gasteiger charge is -2.10. The van der Waals surface area contributed by atoms with Crippen molar-refractivity contribution in [3.63, 3.8) is 0 Å². The van der Waals surface area contributed by atoms with Gasteiger partial charge >= 0.3 is 0 Å². The Labute approximate surface area is 142 Å². The molecule has 0 saturated heterocycles. The zero-order chi connectivity index (χ0) is 16.4. The zero-order valence-electron chi connectivity index (χ0n) is 12.7. The standard InChI is InChI=1S/C16H15ClN4OS/c1-10-5-6-12(17)8-14(10)15(22)18-16-20-19-11(2)21(16)9-13-4-3-7-23-13/h3-8H,9H2,1-2H3,(H,18,20,22). The maximum atomic E-state index is 12.5. The highest BCUT2D eigenvalue weighted by atomic mass is 35.5. The SMILES string of the molecule is Cc1ccc(Cl)cc1C(=O)Nc1nnc(C)n1Cc1cccs1. The second kappa shape index (κ2) is 6.52. The monoisotopic (exact) mass is 346 g/mol. The minimum absolute atomic E-state index is 0.246. The van der Waals surface area contributed by atoms with Gasteiger partial charge in [-0.2, -0.15) is 0 Å². The van der Waals surface area contributed by atoms with Gasteiger partial charge in [0, 0.05) is 15.5 Å². The molecule has 0 unspecified atom stereocenters. The Hall–Kier alpha value is -2.18. The number of thiophene rings is 1. The molecule has 2 heterocycles. The summed E-state index contributed by atoms with van der Waals surface area (Å²) in [7, 11) is 0. The second-order valence-corrected chi connectivity index (χ2v) is 6.62. The van der Waals surface area contributed by atoms with E-state index in [1.54, 1.807) is 23.5 Å². The summed E-state index contributed by atoms with van der Waals surface area (Å²) in [6.45, 7) is 4.36. The number of anilines is 1. The third-order valence-electron chi connectivity index (χ3n) is 3.50. The predicted octanol–water partition coefficient (Wildman–Crippen LogP) is 3.91. The summed E-state index contributed by atoms with van der Waals surface area (Å²) in [6, 6.07) is 9.26. The summed E-state index contributed by atoms with van der Waals surface area (Å²) in [5.74, 6) is 0.932. The van der Waals surface area contributed by atoms with Crippen LogP contribution < -0.4 is 5.32 Å². The number of hydrogen-bond donors (Lipinski definition) is 1. The lowest BCUT2D eigenvalue weighted by molar-refractivity contribution is 0.102. The van der Waals surface area contributed by atoms with E-state index in [-0.39, 0.29) is 5.91 Å². The molecule has 0 radical (unpaired) electrons. The van der Waals surface area contributed by atoms with Gasteiger partial charge in [-0.3, -0.25) is 14.7 Å². The summed E-state index contributed by atoms with van der Waals surface area (Å²) in [4.78, 5) is 13.7. The maximum Gasteiger partial charge on any atom is 0.258 e. The van der Waals surface area contributed by atoms with E-state index in [0.29, 0.717) is 23.1 Å². The molecular formula is C16H15ClN4OS. The Balaban J connectivity index is 1.85. The van der Waals surface area contributed by atoms with Gasteiger partial charge in [0.2, 0.25) is 5.95 Å². The van der Waals surface area contributed by atoms with Gasteiger partial charge in [0.25, 0.3) is 5.91 Å². The van der Waals surface area contributed by atoms with Crippen LogP contribution in [0.3, 0.4) is 0 Å². The van der Waals surface area contributed by atoms with Crippen molar-refractivity contribution in [1.82, 2.24) is 14.8 Å². The first-order valence-corrected chi connectivity index (χ1v) is 8.30. The number of aromatic nitrogens is 3. The van der Waals surface area contributed by atoms with Crippen LogP contribution >= 0.6 is 22.9 Å². The van der Waals surface area contributed by atoms with Crippen LogP contribution in [-0.4, -0.2) is 20.7 Å². The molecule has 2 aromatic heterocycles. The number of aryl methyl sites for hydroxylation is 2. The topological polar surface area (TPSA) is 59.8 Å². The van der Waals surface area contributed by atoms with E-state index in [1.165, 1.54) is 4.88 Å². The molecule has 1 aromatic carbocycles. The van der Waals surface area contributed by atoms with Crippen LogP contribution in [0.1, 0.15) is 26.6 Å². The fourth-order valence-corrected chi connectivity index (χ4v) is 3.09. The van der Waals surface area contributed by atoms with Crippen molar-refractivity contribution in [3.05, 3.63) is 62.6 Å². The quantitative estimate of drug-likeness (QED) is 0.779. The first-order valence-electron chi connectivity index (χ1n) is 7.04. The number of carbonyl (C=O) groups is 1. The van der Waals surface area contributed by atoms with Gasteiger partial charge in [-0.25, -0.2) is 0 Å². The van der Waals surface area contributed by atoms with Crippen LogP contribution in [0.4, 0.5) is 5.95 Å². The zero-order valence-corrected chi connectivity index (χ0v) is 14.3. The van der Waals surface area contributed by atoms with Gasteiger partial charge in [0.05, 0.1) is 6.54 Å². The third kappa shape index (κ3) is 3.43. The molecule has 0 aliphatic rings. The first-order chi connectivity index (χ1) is 11.0. The number of hydrogen-bond acceptors (Lipinski definition) is 4. The highest BCUT2D eigenvalue weighted by Crippen LogP contribution is 2.19. The largest absolute Gasteiger partial charge is 0.292 e. The molecule has 0 atom stereocenters. The lowest BCUT2D eigenvalue weighted by Crippen LogP contribution is -2.17. The van der Waals surface area contributed by atoms with E-state index in [2.05, 4.69) is 15.5 Å². The van der Waals surface area contributed by atoms with Crippen molar-refractivity contribution in [2.75, 3.05) is 5.32 Å². The summed E-state index contributed by atoms with van der Waals surface area (Å²) in [5.41, 5.74) is 1.38. The lowest BCUT2D eigenvalue weighted by atomic mass is 10.1. The Morgan fingerprint density at radius 3 is 2.87 bits per heavy atom. The van der Waals surface area contributed by atoms with Crippen LogP contribution in [0.25, 0.3) is 0 Å². The van der Waals surface area contributed by atoms with E-state index < -0.39 is 0 Å². The average molecular weight is 347 g/mol. The molecule has 1 amide bonds. The van der Waals surface area contributed by atoms with Crippen molar-refractivity contribution in [2.45, 2.75) is 20.4 Å². The highest BCUT2D eigenvalue weighted by molar-refractivity contribution is 7.09.